The molecule has 42 heavy (non-hydrogen) atoms. The van der Waals surface area contributed by atoms with E-state index in [0.717, 1.165) is 35.1 Å². The number of nitrogens with zero attached hydrogens (tertiary/aromatic N) is 5. The van der Waals surface area contributed by atoms with Crippen molar-refractivity contribution in [2.45, 2.75) is 38.6 Å². The van der Waals surface area contributed by atoms with E-state index in [9.17, 15) is 32.9 Å². The first-order chi connectivity index (χ1) is 19.9. The summed E-state index contributed by atoms with van der Waals surface area (Å²) >= 11 is 0. The molecule has 15 heteroatoms. The molecule has 0 saturated heterocycles. The van der Waals surface area contributed by atoms with E-state index in [4.69, 9.17) is 13.6 Å². The van der Waals surface area contributed by atoms with Crippen LogP contribution in [0.1, 0.15) is 40.9 Å². The minimum Gasteiger partial charge on any atom is -0.449 e. The van der Waals surface area contributed by atoms with Crippen molar-refractivity contribution >= 4 is 22.6 Å². The summed E-state index contributed by atoms with van der Waals surface area (Å²) in [4.78, 5) is 39.3. The molecule has 0 fully saturated rings. The Hall–Kier alpha value is -5.34. The number of benzene rings is 2. The molecule has 0 radical (unpaired) electrons. The Morgan fingerprint density at radius 2 is 1.88 bits per heavy atom. The lowest BCUT2D eigenvalue weighted by Gasteiger charge is -2.32. The Kier molecular flexibility index (Phi) is 7.10. The zero-order chi connectivity index (χ0) is 30.2. The van der Waals surface area contributed by atoms with E-state index in [1.54, 1.807) is 25.1 Å². The summed E-state index contributed by atoms with van der Waals surface area (Å²) in [5, 5.41) is 18.9. The number of carbonyl (C=O) groups excluding carboxylic acids is 1. The van der Waals surface area contributed by atoms with Crippen LogP contribution in [-0.4, -0.2) is 37.0 Å². The molecule has 0 saturated carbocycles. The lowest BCUT2D eigenvalue weighted by atomic mass is 9.95. The Balaban J connectivity index is 1.44. The molecule has 216 valence electrons. The maximum Gasteiger partial charge on any atom is 0.434 e. The number of hydrogen-bond acceptors (Lipinski definition) is 10. The van der Waals surface area contributed by atoms with Crippen LogP contribution in [0.4, 0.5) is 18.9 Å². The maximum absolute atomic E-state index is 14.4. The normalized spacial score (nSPS) is 13.2. The fourth-order valence-corrected chi connectivity index (χ4v) is 4.40. The molecule has 3 aromatic heterocycles. The van der Waals surface area contributed by atoms with E-state index in [-0.39, 0.29) is 23.4 Å². The Morgan fingerprint density at radius 3 is 2.50 bits per heavy atom. The van der Waals surface area contributed by atoms with Gasteiger partial charge in [0.25, 0.3) is 11.3 Å². The number of esters is 1. The van der Waals surface area contributed by atoms with Gasteiger partial charge in [-0.3, -0.25) is 10.1 Å². The van der Waals surface area contributed by atoms with Gasteiger partial charge >= 0.3 is 17.8 Å². The van der Waals surface area contributed by atoms with Gasteiger partial charge in [0.2, 0.25) is 0 Å². The fraction of sp³-hybridized carbons (Fsp3) is 0.222. The van der Waals surface area contributed by atoms with Crippen LogP contribution in [0.2, 0.25) is 0 Å². The van der Waals surface area contributed by atoms with Crippen LogP contribution < -0.4 is 5.63 Å². The number of fused-ring (bicyclic) bond motifs is 1. The zero-order valence-corrected chi connectivity index (χ0v) is 21.9. The predicted molar refractivity (Wildman–Crippen MR) is 138 cm³/mol. The molecule has 0 N–H and O–H groups in total. The van der Waals surface area contributed by atoms with Gasteiger partial charge in [-0.2, -0.15) is 13.2 Å². The number of aryl methyl sites for hydroxylation is 1. The van der Waals surface area contributed by atoms with Gasteiger partial charge in [0, 0.05) is 36.1 Å². The first-order valence-corrected chi connectivity index (χ1v) is 12.3. The van der Waals surface area contributed by atoms with Crippen LogP contribution in [0.3, 0.4) is 0 Å². The molecule has 1 unspecified atom stereocenters. The minimum absolute atomic E-state index is 0.0616. The molecule has 3 heterocycles. The largest absolute Gasteiger partial charge is 0.449 e. The maximum atomic E-state index is 14.4. The van der Waals surface area contributed by atoms with Gasteiger partial charge < -0.3 is 13.6 Å². The summed E-state index contributed by atoms with van der Waals surface area (Å²) < 4.78 is 60.0. The number of alkyl halides is 3. The van der Waals surface area contributed by atoms with Crippen molar-refractivity contribution in [2.75, 3.05) is 0 Å². The molecule has 0 bridgehead atoms. The van der Waals surface area contributed by atoms with E-state index < -0.39 is 40.4 Å². The lowest BCUT2D eigenvalue weighted by Crippen LogP contribution is -2.46. The first kappa shape index (κ1) is 28.2. The Bertz CT molecular complexity index is 1860. The molecule has 0 amide bonds. The summed E-state index contributed by atoms with van der Waals surface area (Å²) in [5.74, 6) is -0.938. The van der Waals surface area contributed by atoms with Crippen LogP contribution in [0, 0.1) is 17.0 Å². The summed E-state index contributed by atoms with van der Waals surface area (Å²) in [6.07, 6.45) is -3.39. The highest BCUT2D eigenvalue weighted by Gasteiger charge is 2.60. The van der Waals surface area contributed by atoms with E-state index in [0.29, 0.717) is 28.1 Å². The van der Waals surface area contributed by atoms with E-state index >= 15 is 0 Å². The number of non-ortho nitro benzene ring substituents is 1. The third-order valence-corrected chi connectivity index (χ3v) is 6.54. The Morgan fingerprint density at radius 1 is 1.14 bits per heavy atom. The number of carbonyl (C=O) groups is 1. The van der Waals surface area contributed by atoms with Gasteiger partial charge in [0.15, 0.2) is 5.89 Å². The molecule has 2 aromatic carbocycles. The number of aromatic nitrogens is 4. The monoisotopic (exact) mass is 583 g/mol. The van der Waals surface area contributed by atoms with Crippen molar-refractivity contribution in [3.05, 3.63) is 104 Å². The predicted octanol–water partition coefficient (Wildman–Crippen LogP) is 5.33. The van der Waals surface area contributed by atoms with Gasteiger partial charge in [0.1, 0.15) is 23.2 Å². The molecule has 5 rings (SSSR count). The smallest absolute Gasteiger partial charge is 0.434 e. The molecule has 12 nitrogen and oxygen atoms in total. The van der Waals surface area contributed by atoms with Crippen LogP contribution in [0.5, 0.6) is 0 Å². The SMILES string of the molecule is CCC(OC(=O)c1ccc([N+](=O)[O-])cc1)(c1cn(Cc2ccc3c(-c4coc(C)n4)cc(=O)oc3c2)nn1)C(F)(F)F. The van der Waals surface area contributed by atoms with Gasteiger partial charge in [-0.05, 0) is 30.2 Å². The number of nitro groups is 1. The summed E-state index contributed by atoms with van der Waals surface area (Å²) in [6, 6.07) is 10.1. The average molecular weight is 583 g/mol. The van der Waals surface area contributed by atoms with Crippen molar-refractivity contribution < 1.29 is 36.5 Å². The van der Waals surface area contributed by atoms with Crippen molar-refractivity contribution in [1.82, 2.24) is 20.0 Å². The van der Waals surface area contributed by atoms with Gasteiger partial charge in [-0.25, -0.2) is 19.3 Å². The topological polar surface area (TPSA) is 156 Å². The molecule has 0 aliphatic heterocycles. The third kappa shape index (κ3) is 5.23. The fourth-order valence-electron chi connectivity index (χ4n) is 4.40. The zero-order valence-electron chi connectivity index (χ0n) is 21.9. The Labute approximate surface area is 233 Å². The van der Waals surface area contributed by atoms with Gasteiger partial charge in [0.05, 0.1) is 23.2 Å². The van der Waals surface area contributed by atoms with Crippen molar-refractivity contribution in [3.8, 4) is 11.3 Å². The van der Waals surface area contributed by atoms with E-state index in [2.05, 4.69) is 15.3 Å². The minimum atomic E-state index is -5.08. The summed E-state index contributed by atoms with van der Waals surface area (Å²) in [5.41, 5.74) is -3.44. The van der Waals surface area contributed by atoms with E-state index in [1.807, 2.05) is 0 Å². The van der Waals surface area contributed by atoms with Gasteiger partial charge in [-0.15, -0.1) is 5.10 Å². The molecule has 0 spiro atoms. The standard InChI is InChI=1S/C27H20F3N5O7/c1-3-26(27(28,29)30,42-25(37)17-5-7-18(8-6-17)35(38)39)23-13-34(33-32-23)12-16-4-9-19-20(21-14-40-15(2)31-21)11-24(36)41-22(19)10-16/h4-11,13-14H,3,12H2,1-2H3. The number of oxazole rings is 1. The molecule has 0 aliphatic carbocycles. The highest BCUT2D eigenvalue weighted by atomic mass is 19.4. The van der Waals surface area contributed by atoms with Crippen LogP contribution >= 0.6 is 0 Å². The lowest BCUT2D eigenvalue weighted by molar-refractivity contribution is -0.384. The molecular weight excluding hydrogens is 563 g/mol. The summed E-state index contributed by atoms with van der Waals surface area (Å²) in [6.45, 7) is 2.77. The highest BCUT2D eigenvalue weighted by Crippen LogP contribution is 2.44. The summed E-state index contributed by atoms with van der Waals surface area (Å²) in [7, 11) is 0. The average Bonchev–Trinajstić information content (AvgIpc) is 3.59. The second-order valence-corrected chi connectivity index (χ2v) is 9.23. The van der Waals surface area contributed by atoms with Crippen molar-refractivity contribution in [3.63, 3.8) is 0 Å². The second kappa shape index (κ2) is 10.6. The highest BCUT2D eigenvalue weighted by molar-refractivity contribution is 5.92. The number of nitro benzene ring substituents is 1. The van der Waals surface area contributed by atoms with E-state index in [1.165, 1.54) is 19.3 Å². The number of halogens is 3. The first-order valence-electron chi connectivity index (χ1n) is 12.3. The number of rotatable bonds is 8. The molecule has 5 aromatic rings. The molecular formula is C27H20F3N5O7. The van der Waals surface area contributed by atoms with Crippen LogP contribution in [0.25, 0.3) is 22.2 Å². The van der Waals surface area contributed by atoms with Crippen LogP contribution in [0.15, 0.2) is 74.6 Å². The third-order valence-electron chi connectivity index (χ3n) is 6.54. The van der Waals surface area contributed by atoms with Crippen LogP contribution in [-0.2, 0) is 16.9 Å². The molecule has 1 atom stereocenters. The second-order valence-electron chi connectivity index (χ2n) is 9.23. The van der Waals surface area contributed by atoms with Crippen molar-refractivity contribution in [1.29, 1.82) is 0 Å². The molecule has 0 aliphatic rings. The van der Waals surface area contributed by atoms with Crippen molar-refractivity contribution in [2.24, 2.45) is 0 Å². The number of ether oxygens (including phenoxy) is 1. The van der Waals surface area contributed by atoms with Gasteiger partial charge in [-0.1, -0.05) is 24.3 Å². The number of hydrogen-bond donors (Lipinski definition) is 0. The quantitative estimate of drug-likeness (QED) is 0.101.